The van der Waals surface area contributed by atoms with E-state index in [1.54, 1.807) is 13.4 Å². The predicted octanol–water partition coefficient (Wildman–Crippen LogP) is 1.52. The molecule has 0 aliphatic heterocycles. The van der Waals surface area contributed by atoms with Crippen LogP contribution in [0.4, 0.5) is 5.13 Å². The Morgan fingerprint density at radius 1 is 1.69 bits per heavy atom. The molecule has 1 aliphatic rings. The number of nitrogens with zero attached hydrogens (tertiary/aromatic N) is 2. The fourth-order valence-electron chi connectivity index (χ4n) is 1.64. The molecule has 0 saturated heterocycles. The third-order valence-electron chi connectivity index (χ3n) is 2.46. The lowest BCUT2D eigenvalue weighted by Gasteiger charge is -2.41. The van der Waals surface area contributed by atoms with E-state index < -0.39 is 0 Å². The maximum Gasteiger partial charge on any atom is 0.202 e. The summed E-state index contributed by atoms with van der Waals surface area (Å²) in [5.74, 6) is 0. The van der Waals surface area contributed by atoms with Gasteiger partial charge in [-0.3, -0.25) is 0 Å². The largest absolute Gasteiger partial charge is 0.382 e. The molecule has 1 fully saturated rings. The smallest absolute Gasteiger partial charge is 0.202 e. The van der Waals surface area contributed by atoms with E-state index in [9.17, 15) is 0 Å². The molecule has 4 nitrogen and oxygen atoms in total. The first kappa shape index (κ1) is 8.90. The molecule has 0 bridgehead atoms. The molecule has 13 heavy (non-hydrogen) atoms. The molecule has 1 N–H and O–H groups in total. The maximum absolute atomic E-state index is 5.19. The van der Waals surface area contributed by atoms with Crippen molar-refractivity contribution < 1.29 is 4.74 Å². The summed E-state index contributed by atoms with van der Waals surface area (Å²) in [5, 5.41) is 4.29. The van der Waals surface area contributed by atoms with Gasteiger partial charge in [0, 0.05) is 18.6 Å². The van der Waals surface area contributed by atoms with Gasteiger partial charge in [-0.15, -0.1) is 0 Å². The van der Waals surface area contributed by atoms with Crippen molar-refractivity contribution in [1.29, 1.82) is 0 Å². The van der Waals surface area contributed by atoms with Crippen molar-refractivity contribution in [1.82, 2.24) is 9.36 Å². The van der Waals surface area contributed by atoms with Crippen LogP contribution in [0.1, 0.15) is 19.3 Å². The second-order valence-electron chi connectivity index (χ2n) is 3.44. The van der Waals surface area contributed by atoms with Crippen LogP contribution in [0.25, 0.3) is 0 Å². The van der Waals surface area contributed by atoms with Gasteiger partial charge in [-0.25, -0.2) is 4.98 Å². The van der Waals surface area contributed by atoms with Gasteiger partial charge in [-0.1, -0.05) is 0 Å². The van der Waals surface area contributed by atoms with E-state index in [1.165, 1.54) is 30.8 Å². The molecule has 0 atom stereocenters. The van der Waals surface area contributed by atoms with Crippen LogP contribution in [0, 0.1) is 0 Å². The van der Waals surface area contributed by atoms with E-state index in [-0.39, 0.29) is 5.54 Å². The Morgan fingerprint density at radius 3 is 3.00 bits per heavy atom. The first-order valence-electron chi connectivity index (χ1n) is 4.38. The Labute approximate surface area is 81.5 Å². The van der Waals surface area contributed by atoms with E-state index in [0.717, 1.165) is 11.7 Å². The molecule has 0 amide bonds. The average Bonchev–Trinajstić information content (AvgIpc) is 2.53. The van der Waals surface area contributed by atoms with Crippen LogP contribution in [0.15, 0.2) is 6.33 Å². The Balaban J connectivity index is 1.98. The molecule has 5 heteroatoms. The van der Waals surface area contributed by atoms with Crippen LogP contribution in [0.2, 0.25) is 0 Å². The highest BCUT2D eigenvalue weighted by Crippen LogP contribution is 2.35. The SMILES string of the molecule is COCC1(Nc2ncns2)CCC1. The molecular weight excluding hydrogens is 186 g/mol. The summed E-state index contributed by atoms with van der Waals surface area (Å²) < 4.78 is 9.14. The number of nitrogens with one attached hydrogen (secondary N) is 1. The van der Waals surface area contributed by atoms with E-state index in [0.29, 0.717) is 0 Å². The summed E-state index contributed by atoms with van der Waals surface area (Å²) in [6, 6.07) is 0. The van der Waals surface area contributed by atoms with Gasteiger partial charge in [0.05, 0.1) is 12.1 Å². The van der Waals surface area contributed by atoms with E-state index in [4.69, 9.17) is 4.74 Å². The van der Waals surface area contributed by atoms with Crippen molar-refractivity contribution in [2.45, 2.75) is 24.8 Å². The lowest BCUT2D eigenvalue weighted by molar-refractivity contribution is 0.0983. The van der Waals surface area contributed by atoms with Crippen LogP contribution in [-0.2, 0) is 4.74 Å². The third kappa shape index (κ3) is 1.81. The average molecular weight is 199 g/mol. The highest BCUT2D eigenvalue weighted by molar-refractivity contribution is 7.09. The molecule has 72 valence electrons. The van der Waals surface area contributed by atoms with Crippen LogP contribution >= 0.6 is 11.5 Å². The Hall–Kier alpha value is -0.680. The fourth-order valence-corrected chi connectivity index (χ4v) is 2.19. The highest BCUT2D eigenvalue weighted by atomic mass is 32.1. The van der Waals surface area contributed by atoms with Crippen LogP contribution < -0.4 is 5.32 Å². The van der Waals surface area contributed by atoms with Gasteiger partial charge in [-0.2, -0.15) is 4.37 Å². The van der Waals surface area contributed by atoms with Crippen LogP contribution in [0.5, 0.6) is 0 Å². The van der Waals surface area contributed by atoms with E-state index in [1.807, 2.05) is 0 Å². The minimum Gasteiger partial charge on any atom is -0.382 e. The topological polar surface area (TPSA) is 47.0 Å². The predicted molar refractivity (Wildman–Crippen MR) is 52.0 cm³/mol. The monoisotopic (exact) mass is 199 g/mol. The van der Waals surface area contributed by atoms with Gasteiger partial charge in [0.15, 0.2) is 0 Å². The van der Waals surface area contributed by atoms with Gasteiger partial charge < -0.3 is 10.1 Å². The quantitative estimate of drug-likeness (QED) is 0.798. The molecular formula is C8H13N3OS. The minimum absolute atomic E-state index is 0.133. The van der Waals surface area contributed by atoms with Crippen molar-refractivity contribution in [3.63, 3.8) is 0 Å². The summed E-state index contributed by atoms with van der Waals surface area (Å²) in [6.45, 7) is 0.757. The zero-order chi connectivity index (χ0) is 9.15. The number of aromatic nitrogens is 2. The van der Waals surface area contributed by atoms with Gasteiger partial charge in [0.1, 0.15) is 6.33 Å². The third-order valence-corrected chi connectivity index (χ3v) is 3.04. The van der Waals surface area contributed by atoms with Crippen molar-refractivity contribution in [2.24, 2.45) is 0 Å². The maximum atomic E-state index is 5.19. The zero-order valence-electron chi connectivity index (χ0n) is 7.62. The second kappa shape index (κ2) is 3.59. The van der Waals surface area contributed by atoms with Gasteiger partial charge in [-0.05, 0) is 19.3 Å². The molecule has 0 spiro atoms. The lowest BCUT2D eigenvalue weighted by atomic mass is 9.77. The number of anilines is 1. The number of rotatable bonds is 4. The molecule has 1 heterocycles. The lowest BCUT2D eigenvalue weighted by Crippen LogP contribution is -2.48. The summed E-state index contributed by atoms with van der Waals surface area (Å²) in [5.41, 5.74) is 0.133. The normalized spacial score (nSPS) is 19.5. The molecule has 1 aromatic heterocycles. The summed E-state index contributed by atoms with van der Waals surface area (Å²) in [4.78, 5) is 4.11. The molecule has 1 saturated carbocycles. The minimum atomic E-state index is 0.133. The first-order chi connectivity index (χ1) is 6.35. The number of ether oxygens (including phenoxy) is 1. The molecule has 1 aliphatic carbocycles. The number of methoxy groups -OCH3 is 1. The Morgan fingerprint density at radius 2 is 2.54 bits per heavy atom. The summed E-state index contributed by atoms with van der Waals surface area (Å²) in [6.07, 6.45) is 5.18. The van der Waals surface area contributed by atoms with Gasteiger partial charge in [0.2, 0.25) is 5.13 Å². The molecule has 0 aromatic carbocycles. The Bertz CT molecular complexity index is 258. The van der Waals surface area contributed by atoms with Crippen molar-refractivity contribution in [2.75, 3.05) is 19.0 Å². The van der Waals surface area contributed by atoms with Crippen molar-refractivity contribution in [3.05, 3.63) is 6.33 Å². The van der Waals surface area contributed by atoms with Crippen LogP contribution in [-0.4, -0.2) is 28.6 Å². The summed E-state index contributed by atoms with van der Waals surface area (Å²) >= 11 is 1.40. The van der Waals surface area contributed by atoms with E-state index in [2.05, 4.69) is 14.7 Å². The summed E-state index contributed by atoms with van der Waals surface area (Å²) in [7, 11) is 1.74. The first-order valence-corrected chi connectivity index (χ1v) is 5.16. The molecule has 0 unspecified atom stereocenters. The Kier molecular flexibility index (Phi) is 2.46. The number of hydrogen-bond acceptors (Lipinski definition) is 5. The molecule has 1 aromatic rings. The van der Waals surface area contributed by atoms with Gasteiger partial charge in [0.25, 0.3) is 0 Å². The zero-order valence-corrected chi connectivity index (χ0v) is 8.43. The second-order valence-corrected chi connectivity index (χ2v) is 4.22. The van der Waals surface area contributed by atoms with E-state index >= 15 is 0 Å². The molecule has 0 radical (unpaired) electrons. The number of hydrogen-bond donors (Lipinski definition) is 1. The van der Waals surface area contributed by atoms with Crippen LogP contribution in [0.3, 0.4) is 0 Å². The fraction of sp³-hybridized carbons (Fsp3) is 0.750. The standard InChI is InChI=1S/C8H13N3OS/c1-12-5-8(3-2-4-8)11-7-9-6-10-13-7/h6H,2-5H2,1H3,(H,9,10,11). The van der Waals surface area contributed by atoms with Gasteiger partial charge >= 0.3 is 0 Å². The van der Waals surface area contributed by atoms with Crippen molar-refractivity contribution >= 4 is 16.7 Å². The molecule has 2 rings (SSSR count). The van der Waals surface area contributed by atoms with Crippen molar-refractivity contribution in [3.8, 4) is 0 Å². The highest BCUT2D eigenvalue weighted by Gasteiger charge is 2.37.